The molecule has 1 N–H and O–H groups in total. The molecule has 0 atom stereocenters. The van der Waals surface area contributed by atoms with Crippen LogP contribution in [-0.2, 0) is 81.3 Å². The van der Waals surface area contributed by atoms with Crippen molar-refractivity contribution in [2.24, 2.45) is 0 Å². The molecule has 0 bridgehead atoms. The van der Waals surface area contributed by atoms with Crippen molar-refractivity contribution in [3.63, 3.8) is 0 Å². The Labute approximate surface area is 600 Å². The van der Waals surface area contributed by atoms with Crippen molar-refractivity contribution in [1.29, 1.82) is 0 Å². The van der Waals surface area contributed by atoms with Gasteiger partial charge < -0.3 is 38.7 Å². The van der Waals surface area contributed by atoms with Crippen molar-refractivity contribution in [2.75, 3.05) is 29.5 Å². The summed E-state index contributed by atoms with van der Waals surface area (Å²) in [5.41, 5.74) is 2.84. The Kier molecular flexibility index (Phi) is 31.2. The molecule has 420 valence electrons. The van der Waals surface area contributed by atoms with Crippen LogP contribution in [0.25, 0.3) is 27.1 Å². The number of fused-ring (bicyclic) bond motifs is 6. The SMILES string of the molecule is CC1(C)C(/C=C/C(=C/C=C2/N(CCCCS(=O)(=O)[O-])c3ccc4c(S(=O)(=O)[O-])cc(SOO[O-])cc4c3C2(C)C)c2cccc(CCC(=O)O)c2)=[N+](CCCCS(=O)(=O)[O-])c2ccc3c(SOO[O-])cc(S(=O)(=O)[O-])cc3c21.[Na+].[Na+].[Na+].[Na+].[Na+]. The molecule has 22 nitrogen and oxygen atoms in total. The van der Waals surface area contributed by atoms with Gasteiger partial charge in [-0.25, -0.2) is 33.7 Å². The monoisotopic (exact) mass is 1300 g/mol. The van der Waals surface area contributed by atoms with Crippen LogP contribution in [0.2, 0.25) is 0 Å². The first-order valence-corrected chi connectivity index (χ1v) is 31.0. The van der Waals surface area contributed by atoms with E-state index < -0.39 is 78.6 Å². The Hall–Kier alpha value is -0.120. The largest absolute Gasteiger partial charge is 1.00 e. The molecule has 5 aromatic rings. The Morgan fingerprint density at radius 1 is 0.687 bits per heavy atom. The number of aliphatic carboxylic acids is 1. The van der Waals surface area contributed by atoms with E-state index in [0.29, 0.717) is 80.1 Å². The van der Waals surface area contributed by atoms with Crippen molar-refractivity contribution >= 4 is 115 Å². The molecule has 0 fully saturated rings. The third-order valence-corrected chi connectivity index (χ3v) is 17.9. The maximum absolute atomic E-state index is 12.7. The topological polar surface area (TPSA) is 355 Å². The zero-order valence-corrected chi connectivity index (χ0v) is 61.8. The van der Waals surface area contributed by atoms with Crippen molar-refractivity contribution in [2.45, 2.75) is 96.6 Å². The number of unbranched alkanes of at least 4 members (excludes halogenated alkanes) is 2. The number of carboxylic acids is 1. The van der Waals surface area contributed by atoms with Crippen LogP contribution in [0.3, 0.4) is 0 Å². The molecular weight excluding hydrogens is 1260 g/mol. The average molecular weight is 1310 g/mol. The maximum Gasteiger partial charge on any atom is 1.00 e. The number of carboxylic acid groups (broad SMARTS) is 1. The quantitative estimate of drug-likeness (QED) is 0.00829. The number of rotatable bonds is 25. The second-order valence-corrected chi connectivity index (χ2v) is 26.6. The van der Waals surface area contributed by atoms with Crippen molar-refractivity contribution in [3.8, 4) is 0 Å². The van der Waals surface area contributed by atoms with E-state index in [-0.39, 0.29) is 225 Å². The molecule has 33 heteroatoms. The summed E-state index contributed by atoms with van der Waals surface area (Å²) in [6.45, 7) is 7.60. The minimum absolute atomic E-state index is 0. The molecule has 0 unspecified atom stereocenters. The predicted molar refractivity (Wildman–Crippen MR) is 278 cm³/mol. The van der Waals surface area contributed by atoms with Crippen LogP contribution in [0, 0.1) is 0 Å². The molecule has 0 spiro atoms. The van der Waals surface area contributed by atoms with E-state index >= 15 is 0 Å². The zero-order chi connectivity index (χ0) is 57.2. The number of aryl methyl sites for hydroxylation is 1. The van der Waals surface area contributed by atoms with Crippen LogP contribution in [-0.4, -0.2) is 97.8 Å². The van der Waals surface area contributed by atoms with Crippen LogP contribution < -0.4 is 163 Å². The van der Waals surface area contributed by atoms with Crippen molar-refractivity contribution < 1.29 is 243 Å². The van der Waals surface area contributed by atoms with Gasteiger partial charge in [-0.2, -0.15) is 13.2 Å². The maximum atomic E-state index is 12.7. The smallest absolute Gasteiger partial charge is 0.748 e. The number of benzene rings is 5. The predicted octanol–water partition coefficient (Wildman–Crippen LogP) is -9.35. The average Bonchev–Trinajstić information content (AvgIpc) is 3.85. The van der Waals surface area contributed by atoms with Gasteiger partial charge in [-0.3, -0.25) is 14.9 Å². The molecule has 0 saturated carbocycles. The van der Waals surface area contributed by atoms with Crippen LogP contribution in [0.1, 0.15) is 82.1 Å². The fraction of sp³-hybridized carbons (Fsp3) is 0.320. The third-order valence-electron chi connectivity index (χ3n) is 13.4. The van der Waals surface area contributed by atoms with E-state index in [9.17, 15) is 72.3 Å². The van der Waals surface area contributed by atoms with Crippen LogP contribution >= 0.6 is 24.1 Å². The molecule has 2 heterocycles. The summed E-state index contributed by atoms with van der Waals surface area (Å²) in [7, 11) is -19.4. The molecule has 7 rings (SSSR count). The van der Waals surface area contributed by atoms with Crippen LogP contribution in [0.4, 0.5) is 11.4 Å². The molecular formula is C50H49N2Na5O20S6. The number of nitrogens with zero attached hydrogens (tertiary/aromatic N) is 2. The molecule has 0 amide bonds. The number of anilines is 1. The van der Waals surface area contributed by atoms with Gasteiger partial charge >= 0.3 is 154 Å². The van der Waals surface area contributed by atoms with Gasteiger partial charge in [-0.15, -0.1) is 0 Å². The molecule has 83 heavy (non-hydrogen) atoms. The summed E-state index contributed by atoms with van der Waals surface area (Å²) in [4.78, 5) is 12.4. The van der Waals surface area contributed by atoms with E-state index in [1.807, 2.05) is 37.2 Å². The summed E-state index contributed by atoms with van der Waals surface area (Å²) in [6, 6.07) is 18.3. The Balaban J connectivity index is 0.00000470. The number of allylic oxidation sites excluding steroid dienone is 6. The van der Waals surface area contributed by atoms with Gasteiger partial charge in [0, 0.05) is 75.2 Å². The van der Waals surface area contributed by atoms with Gasteiger partial charge in [0.1, 0.15) is 26.8 Å². The number of carbonyl (C=O) groups is 1. The fourth-order valence-electron chi connectivity index (χ4n) is 10.2. The molecule has 0 aromatic heterocycles. The molecule has 5 aromatic carbocycles. The summed E-state index contributed by atoms with van der Waals surface area (Å²) >= 11 is 0.756. The number of hydrogen-bond donors (Lipinski definition) is 1. The van der Waals surface area contributed by atoms with E-state index in [4.69, 9.17) is 0 Å². The van der Waals surface area contributed by atoms with E-state index in [0.717, 1.165) is 12.1 Å². The van der Waals surface area contributed by atoms with Gasteiger partial charge in [0.2, 0.25) is 5.69 Å². The number of hydrogen-bond acceptors (Lipinski definition) is 22. The minimum Gasteiger partial charge on any atom is -0.748 e. The molecule has 2 aliphatic heterocycles. The van der Waals surface area contributed by atoms with Crippen LogP contribution in [0.5, 0.6) is 0 Å². The summed E-state index contributed by atoms with van der Waals surface area (Å²) in [6.07, 6.45) is 7.38. The van der Waals surface area contributed by atoms with Gasteiger partial charge in [-0.05, 0) is 132 Å². The van der Waals surface area contributed by atoms with E-state index in [1.165, 1.54) is 18.2 Å². The Morgan fingerprint density at radius 3 is 1.90 bits per heavy atom. The Morgan fingerprint density at radius 2 is 1.30 bits per heavy atom. The van der Waals surface area contributed by atoms with Gasteiger partial charge in [0.15, 0.2) is 5.71 Å². The van der Waals surface area contributed by atoms with Crippen molar-refractivity contribution in [3.05, 3.63) is 125 Å². The minimum atomic E-state index is -5.14. The normalized spacial score (nSPS) is 15.3. The zero-order valence-electron chi connectivity index (χ0n) is 46.9. The first-order chi connectivity index (χ1) is 36.5. The van der Waals surface area contributed by atoms with Crippen LogP contribution in [0.15, 0.2) is 122 Å². The van der Waals surface area contributed by atoms with E-state index in [1.54, 1.807) is 66.8 Å². The standard InChI is InChI=1S/C50H54N2O20S6.5Na/c1-49(2)44(52(23-6-8-25-76(60,61)62)41-18-16-37-38(47(41)49)27-34(73-71-69-55)28-43(37)78(66,67)68)19-13-32(33-11-9-10-31(26-33)12-21-46(53)54)14-20-45-50(3,4)48-39-29-35(77(63,64)65)30-42(74-72-70-56)36(39)15-17-40(48)51(45)22-5-7-24-75(57,58)59;;;;;/h9-11,13-20,26-30H,5-8,12,21-25H2,1-4H3,(H6-,53,54,55,56,57,58,59,60,61,62,63,64,65,66,67,68);;;;;/q;5*+1/p-5. The Bertz CT molecular complexity index is 3810. The molecule has 2 aliphatic rings. The first-order valence-electron chi connectivity index (χ1n) is 23.6. The van der Waals surface area contributed by atoms with E-state index in [2.05, 4.69) is 18.7 Å². The third kappa shape index (κ3) is 19.7. The summed E-state index contributed by atoms with van der Waals surface area (Å²) in [5, 5.41) is 39.4. The molecule has 0 radical (unpaired) electrons. The molecule has 0 aliphatic carbocycles. The first kappa shape index (κ1) is 79.0. The van der Waals surface area contributed by atoms with Crippen molar-refractivity contribution in [1.82, 2.24) is 0 Å². The molecule has 0 saturated heterocycles. The summed E-state index contributed by atoms with van der Waals surface area (Å²) in [5.74, 6) is -2.33. The second-order valence-electron chi connectivity index (χ2n) is 19.3. The summed E-state index contributed by atoms with van der Waals surface area (Å²) < 4.78 is 157. The van der Waals surface area contributed by atoms with Gasteiger partial charge in [-0.1, -0.05) is 50.3 Å². The van der Waals surface area contributed by atoms with Gasteiger partial charge in [0.05, 0.1) is 59.5 Å². The second kappa shape index (κ2) is 32.8. The fourth-order valence-corrected chi connectivity index (χ4v) is 13.7. The van der Waals surface area contributed by atoms with Gasteiger partial charge in [0.25, 0.3) is 0 Å².